The van der Waals surface area contributed by atoms with E-state index in [2.05, 4.69) is 9.82 Å². The minimum Gasteiger partial charge on any atom is -0.507 e. The number of carbonyl (C=O) groups is 2. The molecule has 1 amide bonds. The maximum Gasteiger partial charge on any atom is 0.437 e. The number of hydrogen-bond acceptors (Lipinski definition) is 7. The van der Waals surface area contributed by atoms with Gasteiger partial charge in [0.15, 0.2) is 0 Å². The van der Waals surface area contributed by atoms with E-state index in [0.29, 0.717) is 0 Å². The summed E-state index contributed by atoms with van der Waals surface area (Å²) in [7, 11) is -4.19. The average Bonchev–Trinajstić information content (AvgIpc) is 2.92. The number of carbonyl (C=O) groups excluding carboxylic acids is 2. The van der Waals surface area contributed by atoms with Gasteiger partial charge in [-0.25, -0.2) is 13.2 Å². The Morgan fingerprint density at radius 3 is 2.50 bits per heavy atom. The third-order valence-corrected chi connectivity index (χ3v) is 4.34. The summed E-state index contributed by atoms with van der Waals surface area (Å²) < 4.78 is 33.1. The summed E-state index contributed by atoms with van der Waals surface area (Å²) in [5, 5.41) is 13.3. The number of aromatic hydroxyl groups is 1. The van der Waals surface area contributed by atoms with Crippen LogP contribution in [0.1, 0.15) is 31.1 Å². The van der Waals surface area contributed by atoms with E-state index in [9.17, 15) is 23.1 Å². The van der Waals surface area contributed by atoms with Crippen molar-refractivity contribution in [2.24, 2.45) is 5.73 Å². The molecule has 0 aliphatic carbocycles. The maximum absolute atomic E-state index is 12.5. The van der Waals surface area contributed by atoms with Crippen LogP contribution in [0, 0.1) is 0 Å². The van der Waals surface area contributed by atoms with Crippen LogP contribution in [0.5, 0.6) is 5.75 Å². The molecule has 1 heterocycles. The zero-order valence-electron chi connectivity index (χ0n) is 14.3. The van der Waals surface area contributed by atoms with Gasteiger partial charge in [0.25, 0.3) is 15.9 Å². The summed E-state index contributed by atoms with van der Waals surface area (Å²) in [5.74, 6) is -1.60. The van der Waals surface area contributed by atoms with Crippen molar-refractivity contribution in [1.29, 1.82) is 0 Å². The van der Waals surface area contributed by atoms with Crippen LogP contribution in [0.3, 0.4) is 0 Å². The highest BCUT2D eigenvalue weighted by molar-refractivity contribution is 7.92. The summed E-state index contributed by atoms with van der Waals surface area (Å²) >= 11 is 0. The first kappa shape index (κ1) is 19.2. The van der Waals surface area contributed by atoms with E-state index in [1.807, 2.05) is 0 Å². The van der Waals surface area contributed by atoms with Gasteiger partial charge in [0.1, 0.15) is 17.2 Å². The van der Waals surface area contributed by atoms with Gasteiger partial charge in [-0.2, -0.15) is 5.10 Å². The third-order valence-electron chi connectivity index (χ3n) is 2.99. The number of nitrogens with one attached hydrogen (secondary N) is 1. The lowest BCUT2D eigenvalue weighted by Crippen LogP contribution is -2.29. The Balaban J connectivity index is 2.35. The lowest BCUT2D eigenvalue weighted by molar-refractivity contribution is 0.0519. The van der Waals surface area contributed by atoms with Crippen LogP contribution in [0.2, 0.25) is 0 Å². The van der Waals surface area contributed by atoms with Gasteiger partial charge in [-0.3, -0.25) is 9.52 Å². The van der Waals surface area contributed by atoms with E-state index in [0.717, 1.165) is 22.9 Å². The Kier molecular flexibility index (Phi) is 4.94. The number of sulfonamides is 1. The van der Waals surface area contributed by atoms with Crippen molar-refractivity contribution >= 4 is 27.8 Å². The largest absolute Gasteiger partial charge is 0.507 e. The van der Waals surface area contributed by atoms with Crippen LogP contribution in [0.4, 0.5) is 10.6 Å². The Bertz CT molecular complexity index is 959. The maximum atomic E-state index is 12.5. The SMILES string of the molecule is CC(C)(C)OC(=O)n1nccc1NS(=O)(=O)c1ccc(O)c(C(N)=O)c1. The molecular formula is C15H18N4O6S. The molecule has 0 aliphatic rings. The highest BCUT2D eigenvalue weighted by atomic mass is 32.2. The Hall–Kier alpha value is -3.08. The second kappa shape index (κ2) is 6.67. The van der Waals surface area contributed by atoms with Crippen molar-refractivity contribution in [3.8, 4) is 5.75 Å². The van der Waals surface area contributed by atoms with Gasteiger partial charge < -0.3 is 15.6 Å². The molecule has 4 N–H and O–H groups in total. The number of nitrogens with two attached hydrogens (primary N) is 1. The highest BCUT2D eigenvalue weighted by Crippen LogP contribution is 2.23. The van der Waals surface area contributed by atoms with Crippen molar-refractivity contribution in [3.05, 3.63) is 36.0 Å². The first-order chi connectivity index (χ1) is 11.9. The number of hydrogen-bond donors (Lipinski definition) is 3. The number of aromatic nitrogens is 2. The highest BCUT2D eigenvalue weighted by Gasteiger charge is 2.24. The average molecular weight is 382 g/mol. The van der Waals surface area contributed by atoms with E-state index in [1.54, 1.807) is 20.8 Å². The van der Waals surface area contributed by atoms with Crippen molar-refractivity contribution in [2.45, 2.75) is 31.3 Å². The second-order valence-corrected chi connectivity index (χ2v) is 7.94. The van der Waals surface area contributed by atoms with Crippen LogP contribution in [-0.4, -0.2) is 40.9 Å². The van der Waals surface area contributed by atoms with Crippen molar-refractivity contribution in [1.82, 2.24) is 9.78 Å². The summed E-state index contributed by atoms with van der Waals surface area (Å²) in [4.78, 5) is 23.0. The molecule has 11 heteroatoms. The second-order valence-electron chi connectivity index (χ2n) is 6.26. The van der Waals surface area contributed by atoms with Gasteiger partial charge in [0.2, 0.25) is 0 Å². The van der Waals surface area contributed by atoms with Crippen LogP contribution in [0.25, 0.3) is 0 Å². The molecule has 0 saturated heterocycles. The molecule has 0 unspecified atom stereocenters. The molecule has 0 bridgehead atoms. The molecule has 2 rings (SSSR count). The number of nitrogens with zero attached hydrogens (tertiary/aromatic N) is 2. The monoisotopic (exact) mass is 382 g/mol. The Morgan fingerprint density at radius 1 is 1.27 bits per heavy atom. The quantitative estimate of drug-likeness (QED) is 0.719. The fourth-order valence-electron chi connectivity index (χ4n) is 1.91. The molecule has 26 heavy (non-hydrogen) atoms. The van der Waals surface area contributed by atoms with Crippen LogP contribution in [-0.2, 0) is 14.8 Å². The number of rotatable bonds is 4. The van der Waals surface area contributed by atoms with E-state index < -0.39 is 33.4 Å². The predicted molar refractivity (Wildman–Crippen MR) is 91.3 cm³/mol. The smallest absolute Gasteiger partial charge is 0.437 e. The van der Waals surface area contributed by atoms with Crippen molar-refractivity contribution in [3.63, 3.8) is 0 Å². The lowest BCUT2D eigenvalue weighted by Gasteiger charge is -2.19. The van der Waals surface area contributed by atoms with Crippen LogP contribution in [0.15, 0.2) is 35.4 Å². The molecule has 0 atom stereocenters. The van der Waals surface area contributed by atoms with Gasteiger partial charge in [-0.1, -0.05) is 0 Å². The summed E-state index contributed by atoms with van der Waals surface area (Å²) in [6, 6.07) is 4.29. The molecule has 0 spiro atoms. The molecule has 140 valence electrons. The molecule has 1 aromatic carbocycles. The molecule has 0 radical (unpaired) electrons. The lowest BCUT2D eigenvalue weighted by atomic mass is 10.2. The third kappa shape index (κ3) is 4.30. The zero-order valence-corrected chi connectivity index (χ0v) is 15.1. The minimum atomic E-state index is -4.19. The molecule has 0 saturated carbocycles. The van der Waals surface area contributed by atoms with Gasteiger partial charge in [0.05, 0.1) is 16.7 Å². The molecular weight excluding hydrogens is 364 g/mol. The fraction of sp³-hybridized carbons (Fsp3) is 0.267. The fourth-order valence-corrected chi connectivity index (χ4v) is 2.98. The number of amides is 1. The van der Waals surface area contributed by atoms with Crippen molar-refractivity contribution < 1.29 is 27.9 Å². The first-order valence-electron chi connectivity index (χ1n) is 7.34. The van der Waals surface area contributed by atoms with Gasteiger partial charge in [-0.15, -0.1) is 4.68 Å². The molecule has 0 fully saturated rings. The first-order valence-corrected chi connectivity index (χ1v) is 8.82. The van der Waals surface area contributed by atoms with E-state index in [-0.39, 0.29) is 16.3 Å². The predicted octanol–water partition coefficient (Wildman–Crippen LogP) is 1.27. The molecule has 0 aliphatic heterocycles. The van der Waals surface area contributed by atoms with E-state index in [4.69, 9.17) is 10.5 Å². The number of benzene rings is 1. The van der Waals surface area contributed by atoms with Crippen LogP contribution >= 0.6 is 0 Å². The number of primary amides is 1. The van der Waals surface area contributed by atoms with Gasteiger partial charge in [-0.05, 0) is 39.0 Å². The normalized spacial score (nSPS) is 11.8. The van der Waals surface area contributed by atoms with Crippen molar-refractivity contribution in [2.75, 3.05) is 4.72 Å². The topological polar surface area (TPSA) is 154 Å². The van der Waals surface area contributed by atoms with Gasteiger partial charge >= 0.3 is 6.09 Å². The number of phenols is 1. The molecule has 10 nitrogen and oxygen atoms in total. The summed E-state index contributed by atoms with van der Waals surface area (Å²) in [6.45, 7) is 4.96. The molecule has 1 aromatic heterocycles. The zero-order chi connectivity index (χ0) is 19.7. The summed E-state index contributed by atoms with van der Waals surface area (Å²) in [6.07, 6.45) is 0.344. The van der Waals surface area contributed by atoms with Gasteiger partial charge in [0, 0.05) is 6.07 Å². The Labute approximate surface area is 149 Å². The molecule has 2 aromatic rings. The number of ether oxygens (including phenoxy) is 1. The minimum absolute atomic E-state index is 0.159. The summed E-state index contributed by atoms with van der Waals surface area (Å²) in [5.41, 5.74) is 3.94. The number of anilines is 1. The Morgan fingerprint density at radius 2 is 1.92 bits per heavy atom. The van der Waals surface area contributed by atoms with Crippen LogP contribution < -0.4 is 10.5 Å². The standard InChI is InChI=1S/C15H18N4O6S/c1-15(2,3)25-14(22)19-12(6-7-17-19)18-26(23,24)9-4-5-11(20)10(8-9)13(16)21/h4-8,18,20H,1-3H3,(H2,16,21). The van der Waals surface area contributed by atoms with E-state index in [1.165, 1.54) is 12.3 Å². The van der Waals surface area contributed by atoms with E-state index >= 15 is 0 Å².